The summed E-state index contributed by atoms with van der Waals surface area (Å²) in [6.07, 6.45) is 3.50. The molecule has 0 aliphatic heterocycles. The molecule has 1 aromatic carbocycles. The Labute approximate surface area is 131 Å². The summed E-state index contributed by atoms with van der Waals surface area (Å²) in [6, 6.07) is 8.65. The van der Waals surface area contributed by atoms with Crippen molar-refractivity contribution in [3.05, 3.63) is 35.9 Å². The fourth-order valence-corrected chi connectivity index (χ4v) is 2.22. The van der Waals surface area contributed by atoms with Crippen LogP contribution >= 0.6 is 0 Å². The van der Waals surface area contributed by atoms with Crippen LogP contribution in [0.4, 0.5) is 0 Å². The monoisotopic (exact) mass is 306 g/mol. The van der Waals surface area contributed by atoms with Crippen LogP contribution in [0.25, 0.3) is 0 Å². The third-order valence-electron chi connectivity index (χ3n) is 3.53. The highest BCUT2D eigenvalue weighted by molar-refractivity contribution is 5.84. The topological polar surface area (TPSA) is 101 Å². The van der Waals surface area contributed by atoms with E-state index in [-0.39, 0.29) is 5.91 Å². The van der Waals surface area contributed by atoms with Gasteiger partial charge in [0.1, 0.15) is 12.3 Å². The van der Waals surface area contributed by atoms with Crippen LogP contribution in [0.3, 0.4) is 0 Å². The average Bonchev–Trinajstić information content (AvgIpc) is 2.52. The van der Waals surface area contributed by atoms with Gasteiger partial charge in [-0.05, 0) is 37.8 Å². The lowest BCUT2D eigenvalue weighted by atomic mass is 10.0. The van der Waals surface area contributed by atoms with Crippen molar-refractivity contribution in [1.82, 2.24) is 10.3 Å². The predicted octanol–water partition coefficient (Wildman–Crippen LogP) is 0.216. The summed E-state index contributed by atoms with van der Waals surface area (Å²) in [5.41, 5.74) is 6.45. The van der Waals surface area contributed by atoms with Crippen molar-refractivity contribution in [2.24, 2.45) is 11.6 Å². The van der Waals surface area contributed by atoms with Gasteiger partial charge in [0.2, 0.25) is 5.91 Å². The Balaban J connectivity index is 2.62. The zero-order valence-electron chi connectivity index (χ0n) is 13.1. The van der Waals surface area contributed by atoms with Gasteiger partial charge in [0.05, 0.1) is 6.04 Å². The molecule has 1 rings (SSSR count). The van der Waals surface area contributed by atoms with Crippen LogP contribution < -0.4 is 16.9 Å². The molecule has 2 atom stereocenters. The van der Waals surface area contributed by atoms with Gasteiger partial charge in [-0.2, -0.15) is 0 Å². The molecule has 0 spiro atoms. The Morgan fingerprint density at radius 1 is 1.32 bits per heavy atom. The number of hydrogen-bond donors (Lipinski definition) is 3. The van der Waals surface area contributed by atoms with Gasteiger partial charge in [0.15, 0.2) is 0 Å². The highest BCUT2D eigenvalue weighted by Gasteiger charge is 2.23. The fraction of sp³-hybridized carbons (Fsp3) is 0.500. The van der Waals surface area contributed by atoms with Gasteiger partial charge in [-0.1, -0.05) is 30.3 Å². The van der Waals surface area contributed by atoms with Crippen LogP contribution in [0, 0.1) is 0 Å². The SMILES string of the molecule is CN(N)C(Cc1ccccc1)C(=O)NC(C=O)CCCCN. The number of amides is 1. The molecule has 6 nitrogen and oxygen atoms in total. The smallest absolute Gasteiger partial charge is 0.239 e. The van der Waals surface area contributed by atoms with E-state index in [9.17, 15) is 9.59 Å². The predicted molar refractivity (Wildman–Crippen MR) is 86.8 cm³/mol. The minimum atomic E-state index is -0.514. The minimum Gasteiger partial charge on any atom is -0.345 e. The third-order valence-corrected chi connectivity index (χ3v) is 3.53. The molecule has 2 unspecified atom stereocenters. The van der Waals surface area contributed by atoms with E-state index in [0.29, 0.717) is 19.4 Å². The summed E-state index contributed by atoms with van der Waals surface area (Å²) in [4.78, 5) is 23.5. The molecule has 0 aromatic heterocycles. The molecule has 0 saturated carbocycles. The maximum absolute atomic E-state index is 12.4. The normalized spacial score (nSPS) is 13.6. The number of hydrazine groups is 1. The van der Waals surface area contributed by atoms with E-state index < -0.39 is 12.1 Å². The first-order valence-corrected chi connectivity index (χ1v) is 7.55. The second kappa shape index (κ2) is 10.0. The Morgan fingerprint density at radius 3 is 2.55 bits per heavy atom. The summed E-state index contributed by atoms with van der Waals surface area (Å²) in [6.45, 7) is 0.585. The van der Waals surface area contributed by atoms with Gasteiger partial charge in [-0.3, -0.25) is 10.6 Å². The molecule has 0 aliphatic rings. The maximum Gasteiger partial charge on any atom is 0.239 e. The van der Waals surface area contributed by atoms with Crippen molar-refractivity contribution < 1.29 is 9.59 Å². The lowest BCUT2D eigenvalue weighted by molar-refractivity contribution is -0.128. The molecule has 6 heteroatoms. The first-order valence-electron chi connectivity index (χ1n) is 7.55. The Hall–Kier alpha value is -1.76. The molecule has 0 radical (unpaired) electrons. The van der Waals surface area contributed by atoms with E-state index in [1.165, 1.54) is 5.01 Å². The molecule has 0 fully saturated rings. The van der Waals surface area contributed by atoms with Gasteiger partial charge in [-0.15, -0.1) is 0 Å². The lowest BCUT2D eigenvalue weighted by Crippen LogP contribution is -2.52. The van der Waals surface area contributed by atoms with Crippen LogP contribution in [0.1, 0.15) is 24.8 Å². The molecule has 1 aromatic rings. The van der Waals surface area contributed by atoms with Crippen molar-refractivity contribution in [2.45, 2.75) is 37.8 Å². The molecular weight excluding hydrogens is 280 g/mol. The van der Waals surface area contributed by atoms with E-state index in [0.717, 1.165) is 24.7 Å². The Kier molecular flexibility index (Phi) is 8.35. The number of hydrogen-bond acceptors (Lipinski definition) is 5. The van der Waals surface area contributed by atoms with Gasteiger partial charge < -0.3 is 15.8 Å². The van der Waals surface area contributed by atoms with Gasteiger partial charge in [0.25, 0.3) is 0 Å². The van der Waals surface area contributed by atoms with Gasteiger partial charge in [0, 0.05) is 7.05 Å². The summed E-state index contributed by atoms with van der Waals surface area (Å²) < 4.78 is 0. The molecule has 0 bridgehead atoms. The van der Waals surface area contributed by atoms with Crippen molar-refractivity contribution in [2.75, 3.05) is 13.6 Å². The Bertz CT molecular complexity index is 451. The number of carbonyl (C=O) groups is 2. The fourth-order valence-electron chi connectivity index (χ4n) is 2.22. The van der Waals surface area contributed by atoms with Crippen molar-refractivity contribution >= 4 is 12.2 Å². The quantitative estimate of drug-likeness (QED) is 0.248. The van der Waals surface area contributed by atoms with E-state index in [4.69, 9.17) is 11.6 Å². The van der Waals surface area contributed by atoms with E-state index >= 15 is 0 Å². The molecule has 0 aliphatic carbocycles. The third kappa shape index (κ3) is 6.34. The van der Waals surface area contributed by atoms with Crippen molar-refractivity contribution in [1.29, 1.82) is 0 Å². The summed E-state index contributed by atoms with van der Waals surface area (Å²) in [7, 11) is 1.65. The van der Waals surface area contributed by atoms with Crippen LogP contribution in [0.2, 0.25) is 0 Å². The van der Waals surface area contributed by atoms with Crippen molar-refractivity contribution in [3.8, 4) is 0 Å². The number of likely N-dealkylation sites (N-methyl/N-ethyl adjacent to an activating group) is 1. The Morgan fingerprint density at radius 2 is 2.00 bits per heavy atom. The van der Waals surface area contributed by atoms with Crippen LogP contribution in [-0.4, -0.2) is 42.9 Å². The van der Waals surface area contributed by atoms with Crippen LogP contribution in [0.15, 0.2) is 30.3 Å². The minimum absolute atomic E-state index is 0.237. The van der Waals surface area contributed by atoms with Gasteiger partial charge >= 0.3 is 0 Å². The number of aldehydes is 1. The number of nitrogens with one attached hydrogen (secondary N) is 1. The molecule has 0 heterocycles. The number of unbranched alkanes of at least 4 members (excludes halogenated alkanes) is 1. The largest absolute Gasteiger partial charge is 0.345 e. The molecule has 1 amide bonds. The van der Waals surface area contributed by atoms with E-state index in [1.54, 1.807) is 7.05 Å². The number of carbonyl (C=O) groups excluding carboxylic acids is 2. The molecule has 5 N–H and O–H groups in total. The zero-order chi connectivity index (χ0) is 16.4. The first kappa shape index (κ1) is 18.3. The highest BCUT2D eigenvalue weighted by atomic mass is 16.2. The van der Waals surface area contributed by atoms with Crippen LogP contribution in [0.5, 0.6) is 0 Å². The summed E-state index contributed by atoms with van der Waals surface area (Å²) in [5.74, 6) is 5.55. The molecule has 122 valence electrons. The summed E-state index contributed by atoms with van der Waals surface area (Å²) in [5, 5.41) is 4.14. The van der Waals surface area contributed by atoms with Crippen LogP contribution in [-0.2, 0) is 16.0 Å². The number of nitrogens with zero attached hydrogens (tertiary/aromatic N) is 1. The standard InChI is InChI=1S/C16H26N4O2/c1-20(18)15(11-13-7-3-2-4-8-13)16(22)19-14(12-21)9-5-6-10-17/h2-4,7-8,12,14-15H,5-6,9-11,17-18H2,1H3,(H,19,22). The zero-order valence-corrected chi connectivity index (χ0v) is 13.1. The summed E-state index contributed by atoms with van der Waals surface area (Å²) >= 11 is 0. The van der Waals surface area contributed by atoms with Crippen molar-refractivity contribution in [3.63, 3.8) is 0 Å². The second-order valence-corrected chi connectivity index (χ2v) is 5.41. The molecule has 0 saturated heterocycles. The number of rotatable bonds is 10. The lowest BCUT2D eigenvalue weighted by Gasteiger charge is -2.24. The van der Waals surface area contributed by atoms with E-state index in [2.05, 4.69) is 5.32 Å². The highest BCUT2D eigenvalue weighted by Crippen LogP contribution is 2.07. The first-order chi connectivity index (χ1) is 10.6. The number of nitrogens with two attached hydrogens (primary N) is 2. The van der Waals surface area contributed by atoms with E-state index in [1.807, 2.05) is 30.3 Å². The second-order valence-electron chi connectivity index (χ2n) is 5.41. The molecule has 22 heavy (non-hydrogen) atoms. The maximum atomic E-state index is 12.4. The number of benzene rings is 1. The average molecular weight is 306 g/mol. The molecular formula is C16H26N4O2. The van der Waals surface area contributed by atoms with Gasteiger partial charge in [-0.25, -0.2) is 5.01 Å².